The maximum atomic E-state index is 6.46. The van der Waals surface area contributed by atoms with Gasteiger partial charge in [0.25, 0.3) is 0 Å². The van der Waals surface area contributed by atoms with Gasteiger partial charge in [-0.25, -0.2) is 9.97 Å². The molecule has 0 saturated heterocycles. The van der Waals surface area contributed by atoms with E-state index in [1.807, 2.05) is 18.2 Å². The number of hydrogen-bond donors (Lipinski definition) is 0. The highest BCUT2D eigenvalue weighted by molar-refractivity contribution is 6.17. The molecule has 8 aromatic rings. The van der Waals surface area contributed by atoms with E-state index in [1.165, 1.54) is 22.3 Å². The van der Waals surface area contributed by atoms with Gasteiger partial charge in [-0.2, -0.15) is 0 Å². The zero-order valence-corrected chi connectivity index (χ0v) is 22.7. The van der Waals surface area contributed by atoms with Crippen molar-refractivity contribution in [2.45, 2.75) is 19.3 Å². The molecular formula is C37H25N3O. The van der Waals surface area contributed by atoms with Gasteiger partial charge in [0.1, 0.15) is 11.1 Å². The number of nitrogens with zero attached hydrogens (tertiary/aromatic N) is 3. The van der Waals surface area contributed by atoms with Crippen LogP contribution in [0.1, 0.15) is 25.0 Å². The Morgan fingerprint density at radius 3 is 2.24 bits per heavy atom. The Hall–Kier alpha value is -5.22. The zero-order chi connectivity index (χ0) is 27.3. The third kappa shape index (κ3) is 2.99. The molecule has 4 heteroatoms. The van der Waals surface area contributed by atoms with Crippen molar-refractivity contribution in [3.8, 4) is 28.3 Å². The van der Waals surface area contributed by atoms with Crippen LogP contribution in [-0.2, 0) is 5.41 Å². The van der Waals surface area contributed by atoms with E-state index in [-0.39, 0.29) is 5.41 Å². The molecule has 0 N–H and O–H groups in total. The molecule has 41 heavy (non-hydrogen) atoms. The number of rotatable bonds is 2. The molecular weight excluding hydrogens is 502 g/mol. The van der Waals surface area contributed by atoms with E-state index >= 15 is 0 Å². The van der Waals surface area contributed by atoms with Crippen molar-refractivity contribution in [1.29, 1.82) is 0 Å². The Labute approximate surface area is 236 Å². The summed E-state index contributed by atoms with van der Waals surface area (Å²) in [6.45, 7) is 4.63. The number of benzene rings is 5. The molecule has 4 nitrogen and oxygen atoms in total. The summed E-state index contributed by atoms with van der Waals surface area (Å²) >= 11 is 0. The number of hydrogen-bond acceptors (Lipinski definition) is 3. The van der Waals surface area contributed by atoms with Gasteiger partial charge < -0.3 is 8.98 Å². The van der Waals surface area contributed by atoms with Crippen molar-refractivity contribution in [2.75, 3.05) is 0 Å². The summed E-state index contributed by atoms with van der Waals surface area (Å²) in [5, 5.41) is 3.34. The molecule has 194 valence electrons. The van der Waals surface area contributed by atoms with Crippen LogP contribution in [0.5, 0.6) is 0 Å². The first-order valence-corrected chi connectivity index (χ1v) is 14.0. The van der Waals surface area contributed by atoms with E-state index in [0.29, 0.717) is 0 Å². The molecule has 5 aromatic carbocycles. The van der Waals surface area contributed by atoms with E-state index < -0.39 is 0 Å². The smallest absolute Gasteiger partial charge is 0.161 e. The molecule has 0 atom stereocenters. The van der Waals surface area contributed by atoms with Crippen molar-refractivity contribution in [2.24, 2.45) is 0 Å². The lowest BCUT2D eigenvalue weighted by Gasteiger charge is -2.35. The standard InChI is InChI=1S/C37H25N3O/c1-37(2)27-16-10-15-26-33(27)40(34-25-14-7-9-18-31(25)41-35(26)34)30-20-19-23(21-28(30)37)36-38-29-17-8-6-13-24(29)32(39-36)22-11-4-3-5-12-22/h3-21H,1-2H3. The number of furan rings is 1. The summed E-state index contributed by atoms with van der Waals surface area (Å²) in [5.74, 6) is 0.733. The Kier molecular flexibility index (Phi) is 4.36. The van der Waals surface area contributed by atoms with Crippen LogP contribution in [-0.4, -0.2) is 14.5 Å². The molecule has 0 aliphatic carbocycles. The molecule has 9 rings (SSSR count). The average Bonchev–Trinajstić information content (AvgIpc) is 3.55. The highest BCUT2D eigenvalue weighted by Crippen LogP contribution is 2.50. The van der Waals surface area contributed by atoms with E-state index in [2.05, 4.69) is 115 Å². The van der Waals surface area contributed by atoms with Crippen LogP contribution < -0.4 is 0 Å². The molecule has 4 heterocycles. The van der Waals surface area contributed by atoms with Crippen LogP contribution in [0.4, 0.5) is 0 Å². The SMILES string of the molecule is CC1(C)c2cc(-c3nc(-c4ccccc4)c4ccccc4n3)ccc2-n2c3c1cccc3c1oc3ccccc3c12. The van der Waals surface area contributed by atoms with Crippen molar-refractivity contribution >= 4 is 43.9 Å². The summed E-state index contributed by atoms with van der Waals surface area (Å²) in [6, 6.07) is 40.3. The summed E-state index contributed by atoms with van der Waals surface area (Å²) in [5.41, 5.74) is 11.7. The fraction of sp³-hybridized carbons (Fsp3) is 0.0811. The molecule has 0 fully saturated rings. The molecule has 3 aromatic heterocycles. The molecule has 0 saturated carbocycles. The summed E-state index contributed by atoms with van der Waals surface area (Å²) in [6.07, 6.45) is 0. The quantitative estimate of drug-likeness (QED) is 0.225. The van der Waals surface area contributed by atoms with E-state index in [9.17, 15) is 0 Å². The molecule has 0 spiro atoms. The van der Waals surface area contributed by atoms with Gasteiger partial charge in [-0.15, -0.1) is 0 Å². The van der Waals surface area contributed by atoms with Gasteiger partial charge in [0, 0.05) is 32.7 Å². The number of fused-ring (bicyclic) bond motifs is 8. The molecule has 0 radical (unpaired) electrons. The number of para-hydroxylation sites is 3. The fourth-order valence-corrected chi connectivity index (χ4v) is 6.80. The van der Waals surface area contributed by atoms with Crippen molar-refractivity contribution < 1.29 is 4.42 Å². The Morgan fingerprint density at radius 2 is 1.37 bits per heavy atom. The second-order valence-electron chi connectivity index (χ2n) is 11.4. The molecule has 1 aliphatic heterocycles. The van der Waals surface area contributed by atoms with Gasteiger partial charge in [0.15, 0.2) is 11.4 Å². The summed E-state index contributed by atoms with van der Waals surface area (Å²) < 4.78 is 8.87. The van der Waals surface area contributed by atoms with Crippen LogP contribution in [0, 0.1) is 0 Å². The van der Waals surface area contributed by atoms with Gasteiger partial charge in [-0.1, -0.05) is 86.6 Å². The second kappa shape index (κ2) is 7.92. The highest BCUT2D eigenvalue weighted by Gasteiger charge is 2.36. The van der Waals surface area contributed by atoms with Crippen LogP contribution in [0.25, 0.3) is 72.2 Å². The van der Waals surface area contributed by atoms with Crippen LogP contribution in [0.3, 0.4) is 0 Å². The van der Waals surface area contributed by atoms with Gasteiger partial charge in [0.2, 0.25) is 0 Å². The average molecular weight is 528 g/mol. The summed E-state index contributed by atoms with van der Waals surface area (Å²) in [7, 11) is 0. The first kappa shape index (κ1) is 22.6. The maximum Gasteiger partial charge on any atom is 0.161 e. The monoisotopic (exact) mass is 527 g/mol. The first-order chi connectivity index (χ1) is 20.1. The molecule has 0 unspecified atom stereocenters. The van der Waals surface area contributed by atoms with Crippen LogP contribution in [0.2, 0.25) is 0 Å². The Morgan fingerprint density at radius 1 is 0.610 bits per heavy atom. The van der Waals surface area contributed by atoms with Crippen LogP contribution >= 0.6 is 0 Å². The predicted octanol–water partition coefficient (Wildman–Crippen LogP) is 9.45. The minimum atomic E-state index is -0.231. The zero-order valence-electron chi connectivity index (χ0n) is 22.7. The lowest BCUT2D eigenvalue weighted by molar-refractivity contribution is 0.630. The van der Waals surface area contributed by atoms with Crippen LogP contribution in [0.15, 0.2) is 120 Å². The molecule has 1 aliphatic rings. The molecule has 0 bridgehead atoms. The number of aromatic nitrogens is 3. The normalized spacial score (nSPS) is 13.8. The largest absolute Gasteiger partial charge is 0.454 e. The minimum Gasteiger partial charge on any atom is -0.454 e. The van der Waals surface area contributed by atoms with E-state index in [4.69, 9.17) is 14.4 Å². The summed E-state index contributed by atoms with van der Waals surface area (Å²) in [4.78, 5) is 10.2. The Balaban J connectivity index is 1.34. The molecule has 0 amide bonds. The van der Waals surface area contributed by atoms with Gasteiger partial charge in [-0.3, -0.25) is 0 Å². The third-order valence-corrected chi connectivity index (χ3v) is 8.79. The van der Waals surface area contributed by atoms with Gasteiger partial charge >= 0.3 is 0 Å². The lowest BCUT2D eigenvalue weighted by atomic mass is 9.74. The van der Waals surface area contributed by atoms with Crippen molar-refractivity contribution in [3.05, 3.63) is 126 Å². The van der Waals surface area contributed by atoms with Gasteiger partial charge in [-0.05, 0) is 53.6 Å². The minimum absolute atomic E-state index is 0.231. The van der Waals surface area contributed by atoms with E-state index in [1.54, 1.807) is 0 Å². The third-order valence-electron chi connectivity index (χ3n) is 8.79. The van der Waals surface area contributed by atoms with E-state index in [0.717, 1.165) is 61.0 Å². The van der Waals surface area contributed by atoms with Gasteiger partial charge in [0.05, 0.1) is 22.4 Å². The second-order valence-corrected chi connectivity index (χ2v) is 11.4. The Bertz CT molecular complexity index is 2340. The van der Waals surface area contributed by atoms with Crippen molar-refractivity contribution in [1.82, 2.24) is 14.5 Å². The van der Waals surface area contributed by atoms with Crippen molar-refractivity contribution in [3.63, 3.8) is 0 Å². The predicted molar refractivity (Wildman–Crippen MR) is 167 cm³/mol. The lowest BCUT2D eigenvalue weighted by Crippen LogP contribution is -2.26. The first-order valence-electron chi connectivity index (χ1n) is 14.0. The fourth-order valence-electron chi connectivity index (χ4n) is 6.80. The topological polar surface area (TPSA) is 43.9 Å². The maximum absolute atomic E-state index is 6.46. The highest BCUT2D eigenvalue weighted by atomic mass is 16.3.